The first-order valence-corrected chi connectivity index (χ1v) is 4.12. The Morgan fingerprint density at radius 2 is 2.23 bits per heavy atom. The molecule has 0 radical (unpaired) electrons. The largest absolute Gasteiger partial charge is 0.389 e. The summed E-state index contributed by atoms with van der Waals surface area (Å²) in [5, 5.41) is 0. The summed E-state index contributed by atoms with van der Waals surface area (Å²) in [4.78, 5) is 0.192. The van der Waals surface area contributed by atoms with Crippen LogP contribution in [0.15, 0.2) is 18.2 Å². The Labute approximate surface area is 81.5 Å². The second-order valence-corrected chi connectivity index (χ2v) is 3.09. The van der Waals surface area contributed by atoms with Gasteiger partial charge in [-0.05, 0) is 23.8 Å². The second-order valence-electron chi connectivity index (χ2n) is 2.65. The van der Waals surface area contributed by atoms with Crippen LogP contribution in [-0.2, 0) is 11.3 Å². The van der Waals surface area contributed by atoms with Gasteiger partial charge >= 0.3 is 0 Å². The van der Waals surface area contributed by atoms with Gasteiger partial charge < -0.3 is 10.5 Å². The fraction of sp³-hybridized carbons (Fsp3) is 0.222. The first kappa shape index (κ1) is 10.1. The van der Waals surface area contributed by atoms with Crippen molar-refractivity contribution in [3.8, 4) is 0 Å². The minimum absolute atomic E-state index is 0.192. The number of hydrogen-bond acceptors (Lipinski definition) is 2. The van der Waals surface area contributed by atoms with Crippen LogP contribution in [0.1, 0.15) is 11.1 Å². The van der Waals surface area contributed by atoms with Gasteiger partial charge in [-0.25, -0.2) is 4.39 Å². The first-order chi connectivity index (χ1) is 6.13. The van der Waals surface area contributed by atoms with Crippen molar-refractivity contribution in [1.82, 2.24) is 0 Å². The third kappa shape index (κ3) is 2.75. The summed E-state index contributed by atoms with van der Waals surface area (Å²) in [5.74, 6) is -0.350. The fourth-order valence-corrected chi connectivity index (χ4v) is 1.16. The zero-order valence-corrected chi connectivity index (χ0v) is 8.03. The molecule has 0 aliphatic heterocycles. The maximum Gasteiger partial charge on any atom is 0.124 e. The van der Waals surface area contributed by atoms with Crippen molar-refractivity contribution in [3.05, 3.63) is 35.1 Å². The van der Waals surface area contributed by atoms with Gasteiger partial charge in [-0.1, -0.05) is 12.2 Å². The van der Waals surface area contributed by atoms with Gasteiger partial charge in [0.05, 0.1) is 6.61 Å². The van der Waals surface area contributed by atoms with E-state index in [-0.39, 0.29) is 10.8 Å². The van der Waals surface area contributed by atoms with E-state index >= 15 is 0 Å². The van der Waals surface area contributed by atoms with Crippen LogP contribution < -0.4 is 5.73 Å². The number of thiocarbonyl (C=S) groups is 1. The highest BCUT2D eigenvalue weighted by atomic mass is 32.1. The number of benzene rings is 1. The molecule has 0 bridgehead atoms. The third-order valence-corrected chi connectivity index (χ3v) is 1.79. The lowest BCUT2D eigenvalue weighted by molar-refractivity contribution is 0.184. The Morgan fingerprint density at radius 3 is 2.77 bits per heavy atom. The van der Waals surface area contributed by atoms with Crippen molar-refractivity contribution >= 4 is 17.2 Å². The molecule has 0 amide bonds. The lowest BCUT2D eigenvalue weighted by Crippen LogP contribution is -2.10. The molecule has 0 heterocycles. The first-order valence-electron chi connectivity index (χ1n) is 3.71. The monoisotopic (exact) mass is 199 g/mol. The van der Waals surface area contributed by atoms with E-state index in [0.717, 1.165) is 5.56 Å². The van der Waals surface area contributed by atoms with E-state index in [0.29, 0.717) is 12.2 Å². The van der Waals surface area contributed by atoms with Gasteiger partial charge in [-0.15, -0.1) is 0 Å². The molecule has 2 nitrogen and oxygen atoms in total. The second kappa shape index (κ2) is 4.30. The molecule has 70 valence electrons. The molecular formula is C9H10FNOS. The van der Waals surface area contributed by atoms with Crippen LogP contribution in [0.25, 0.3) is 0 Å². The molecule has 0 saturated heterocycles. The highest BCUT2D eigenvalue weighted by molar-refractivity contribution is 7.80. The average Bonchev–Trinajstić information content (AvgIpc) is 2.03. The Bertz CT molecular complexity index is 327. The van der Waals surface area contributed by atoms with Crippen LogP contribution in [0.5, 0.6) is 0 Å². The predicted molar refractivity (Wildman–Crippen MR) is 53.0 cm³/mol. The van der Waals surface area contributed by atoms with E-state index in [1.807, 2.05) is 0 Å². The molecule has 13 heavy (non-hydrogen) atoms. The van der Waals surface area contributed by atoms with Crippen LogP contribution in [0.4, 0.5) is 4.39 Å². The normalized spacial score (nSPS) is 10.0. The molecular weight excluding hydrogens is 189 g/mol. The molecule has 2 N–H and O–H groups in total. The minimum atomic E-state index is -0.350. The van der Waals surface area contributed by atoms with Crippen LogP contribution >= 0.6 is 12.2 Å². The van der Waals surface area contributed by atoms with E-state index in [4.69, 9.17) is 22.7 Å². The Hall–Kier alpha value is -1.00. The summed E-state index contributed by atoms with van der Waals surface area (Å²) < 4.78 is 17.8. The highest BCUT2D eigenvalue weighted by Gasteiger charge is 2.02. The van der Waals surface area contributed by atoms with Crippen molar-refractivity contribution in [2.75, 3.05) is 7.11 Å². The Balaban J connectivity index is 3.03. The summed E-state index contributed by atoms with van der Waals surface area (Å²) in [6, 6.07) is 4.42. The number of ether oxygens (including phenoxy) is 1. The zero-order chi connectivity index (χ0) is 9.84. The molecule has 1 rings (SSSR count). The van der Waals surface area contributed by atoms with Crippen LogP contribution in [0.3, 0.4) is 0 Å². The number of methoxy groups -OCH3 is 1. The van der Waals surface area contributed by atoms with Crippen LogP contribution in [0.2, 0.25) is 0 Å². The molecule has 0 aromatic heterocycles. The molecule has 0 aliphatic carbocycles. The molecule has 4 heteroatoms. The SMILES string of the molecule is COCc1cc(F)cc(C(N)=S)c1. The van der Waals surface area contributed by atoms with E-state index in [9.17, 15) is 4.39 Å². The minimum Gasteiger partial charge on any atom is -0.389 e. The van der Waals surface area contributed by atoms with Crippen molar-refractivity contribution in [2.45, 2.75) is 6.61 Å². The van der Waals surface area contributed by atoms with Gasteiger partial charge in [0.1, 0.15) is 10.8 Å². The highest BCUT2D eigenvalue weighted by Crippen LogP contribution is 2.10. The van der Waals surface area contributed by atoms with E-state index < -0.39 is 0 Å². The standard InChI is InChI=1S/C9H10FNOS/c1-12-5-6-2-7(9(11)13)4-8(10)3-6/h2-4H,5H2,1H3,(H2,11,13). The van der Waals surface area contributed by atoms with Crippen LogP contribution in [0, 0.1) is 5.82 Å². The van der Waals surface area contributed by atoms with Crippen molar-refractivity contribution in [1.29, 1.82) is 0 Å². The smallest absolute Gasteiger partial charge is 0.124 e. The summed E-state index contributed by atoms with van der Waals surface area (Å²) in [6.45, 7) is 0.355. The fourth-order valence-electron chi connectivity index (χ4n) is 1.04. The topological polar surface area (TPSA) is 35.2 Å². The number of halogens is 1. The van der Waals surface area contributed by atoms with Gasteiger partial charge in [0.2, 0.25) is 0 Å². The van der Waals surface area contributed by atoms with Gasteiger partial charge in [-0.3, -0.25) is 0 Å². The molecule has 0 atom stereocenters. The summed E-state index contributed by atoms with van der Waals surface area (Å²) in [7, 11) is 1.55. The number of rotatable bonds is 3. The summed E-state index contributed by atoms with van der Waals surface area (Å²) in [6.07, 6.45) is 0. The predicted octanol–water partition coefficient (Wildman–Crippen LogP) is 1.61. The Morgan fingerprint density at radius 1 is 1.54 bits per heavy atom. The van der Waals surface area contributed by atoms with Gasteiger partial charge in [0, 0.05) is 12.7 Å². The van der Waals surface area contributed by atoms with Crippen molar-refractivity contribution in [2.24, 2.45) is 5.73 Å². The maximum atomic E-state index is 12.9. The molecule has 0 saturated carbocycles. The van der Waals surface area contributed by atoms with Crippen molar-refractivity contribution < 1.29 is 9.13 Å². The zero-order valence-electron chi connectivity index (χ0n) is 7.21. The summed E-state index contributed by atoms with van der Waals surface area (Å²) in [5.41, 5.74) is 6.63. The molecule has 0 unspecified atom stereocenters. The van der Waals surface area contributed by atoms with Crippen LogP contribution in [-0.4, -0.2) is 12.1 Å². The number of hydrogen-bond donors (Lipinski definition) is 1. The van der Waals surface area contributed by atoms with Crippen molar-refractivity contribution in [3.63, 3.8) is 0 Å². The van der Waals surface area contributed by atoms with E-state index in [1.165, 1.54) is 12.1 Å². The lowest BCUT2D eigenvalue weighted by Gasteiger charge is -2.03. The van der Waals surface area contributed by atoms with Gasteiger partial charge in [-0.2, -0.15) is 0 Å². The molecule has 1 aromatic carbocycles. The third-order valence-electron chi connectivity index (χ3n) is 1.55. The molecule has 1 aromatic rings. The Kier molecular flexibility index (Phi) is 3.33. The summed E-state index contributed by atoms with van der Waals surface area (Å²) >= 11 is 4.74. The average molecular weight is 199 g/mol. The number of nitrogens with two attached hydrogens (primary N) is 1. The van der Waals surface area contributed by atoms with Gasteiger partial charge in [0.25, 0.3) is 0 Å². The van der Waals surface area contributed by atoms with E-state index in [2.05, 4.69) is 0 Å². The quantitative estimate of drug-likeness (QED) is 0.751. The maximum absolute atomic E-state index is 12.9. The molecule has 0 fully saturated rings. The van der Waals surface area contributed by atoms with Gasteiger partial charge in [0.15, 0.2) is 0 Å². The van der Waals surface area contributed by atoms with E-state index in [1.54, 1.807) is 13.2 Å². The lowest BCUT2D eigenvalue weighted by atomic mass is 10.1. The molecule has 0 aliphatic rings. The molecule has 0 spiro atoms.